The maximum atomic E-state index is 13.4. The van der Waals surface area contributed by atoms with E-state index in [-0.39, 0.29) is 18.7 Å². The number of carbonyl (C=O) groups excluding carboxylic acids is 3. The summed E-state index contributed by atoms with van der Waals surface area (Å²) in [5.41, 5.74) is 7.25. The maximum absolute atomic E-state index is 13.4. The van der Waals surface area contributed by atoms with Crippen LogP contribution in [0.2, 0.25) is 0 Å². The van der Waals surface area contributed by atoms with E-state index >= 15 is 0 Å². The van der Waals surface area contributed by atoms with Crippen LogP contribution in [0.1, 0.15) is 21.5 Å². The zero-order valence-electron chi connectivity index (χ0n) is 18.3. The summed E-state index contributed by atoms with van der Waals surface area (Å²) in [7, 11) is 0. The first-order chi connectivity index (χ1) is 16.3. The van der Waals surface area contributed by atoms with Crippen molar-refractivity contribution in [2.24, 2.45) is 5.73 Å². The van der Waals surface area contributed by atoms with Crippen molar-refractivity contribution < 1.29 is 19.3 Å². The van der Waals surface area contributed by atoms with E-state index < -0.39 is 28.8 Å². The second kappa shape index (κ2) is 11.4. The van der Waals surface area contributed by atoms with Crippen molar-refractivity contribution in [1.82, 2.24) is 10.2 Å². The molecule has 4 amide bonds. The SMILES string of the molecule is NC(=O)N(CCc1ccccc1)C(=O)C(Cc1ccc([N+](=O)[O-])cc1)NC(=O)c1ccccc1. The van der Waals surface area contributed by atoms with E-state index in [1.54, 1.807) is 30.3 Å². The Morgan fingerprint density at radius 1 is 0.882 bits per heavy atom. The summed E-state index contributed by atoms with van der Waals surface area (Å²) >= 11 is 0. The van der Waals surface area contributed by atoms with Crippen LogP contribution in [-0.4, -0.2) is 40.3 Å². The highest BCUT2D eigenvalue weighted by molar-refractivity contribution is 6.01. The number of primary amides is 1. The predicted octanol–water partition coefficient (Wildman–Crippen LogP) is 3.09. The lowest BCUT2D eigenvalue weighted by atomic mass is 10.0. The molecule has 174 valence electrons. The van der Waals surface area contributed by atoms with Crippen LogP contribution in [0.3, 0.4) is 0 Å². The Labute approximate surface area is 196 Å². The van der Waals surface area contributed by atoms with Gasteiger partial charge in [-0.15, -0.1) is 0 Å². The van der Waals surface area contributed by atoms with Crippen molar-refractivity contribution in [2.75, 3.05) is 6.54 Å². The highest BCUT2D eigenvalue weighted by atomic mass is 16.6. The number of urea groups is 1. The molecule has 0 saturated carbocycles. The number of benzene rings is 3. The topological polar surface area (TPSA) is 136 Å². The van der Waals surface area contributed by atoms with E-state index in [4.69, 9.17) is 5.73 Å². The largest absolute Gasteiger partial charge is 0.351 e. The van der Waals surface area contributed by atoms with Crippen molar-refractivity contribution >= 4 is 23.5 Å². The first-order valence-corrected chi connectivity index (χ1v) is 10.6. The van der Waals surface area contributed by atoms with Crippen molar-refractivity contribution in [3.8, 4) is 0 Å². The van der Waals surface area contributed by atoms with Gasteiger partial charge in [-0.1, -0.05) is 60.7 Å². The molecule has 1 unspecified atom stereocenters. The summed E-state index contributed by atoms with van der Waals surface area (Å²) in [6.45, 7) is 0.0378. The number of nitro benzene ring substituents is 1. The standard InChI is InChI=1S/C25H24N4O5/c26-25(32)28(16-15-18-7-3-1-4-8-18)24(31)22(27-23(30)20-9-5-2-6-10-20)17-19-11-13-21(14-12-19)29(33)34/h1-14,22H,15-17H2,(H2,26,32)(H,27,30). The smallest absolute Gasteiger partial charge is 0.321 e. The maximum Gasteiger partial charge on any atom is 0.321 e. The zero-order chi connectivity index (χ0) is 24.5. The van der Waals surface area contributed by atoms with Crippen LogP contribution >= 0.6 is 0 Å². The normalized spacial score (nSPS) is 11.3. The molecule has 0 aliphatic carbocycles. The molecule has 0 saturated heterocycles. The fourth-order valence-corrected chi connectivity index (χ4v) is 3.42. The van der Waals surface area contributed by atoms with Crippen LogP contribution in [0.15, 0.2) is 84.9 Å². The van der Waals surface area contributed by atoms with E-state index in [0.29, 0.717) is 17.5 Å². The molecule has 3 rings (SSSR count). The Bertz CT molecular complexity index is 1150. The second-order valence-electron chi connectivity index (χ2n) is 7.58. The van der Waals surface area contributed by atoms with E-state index in [0.717, 1.165) is 10.5 Å². The molecule has 0 aliphatic rings. The number of nitrogens with zero attached hydrogens (tertiary/aromatic N) is 2. The average molecular weight is 460 g/mol. The number of amides is 4. The Morgan fingerprint density at radius 3 is 2.03 bits per heavy atom. The van der Waals surface area contributed by atoms with Crippen LogP contribution in [0.5, 0.6) is 0 Å². The number of imide groups is 1. The summed E-state index contributed by atoms with van der Waals surface area (Å²) < 4.78 is 0. The molecule has 9 nitrogen and oxygen atoms in total. The van der Waals surface area contributed by atoms with Gasteiger partial charge in [-0.25, -0.2) is 4.79 Å². The molecule has 0 aliphatic heterocycles. The summed E-state index contributed by atoms with van der Waals surface area (Å²) in [6, 6.07) is 21.3. The number of hydrogen-bond acceptors (Lipinski definition) is 5. The molecule has 3 N–H and O–H groups in total. The molecule has 34 heavy (non-hydrogen) atoms. The minimum Gasteiger partial charge on any atom is -0.351 e. The third kappa shape index (κ3) is 6.49. The number of carbonyl (C=O) groups is 3. The van der Waals surface area contributed by atoms with Crippen LogP contribution in [0.25, 0.3) is 0 Å². The van der Waals surface area contributed by atoms with E-state index in [1.807, 2.05) is 30.3 Å². The van der Waals surface area contributed by atoms with Gasteiger partial charge in [-0.05, 0) is 29.7 Å². The van der Waals surface area contributed by atoms with Gasteiger partial charge in [0.1, 0.15) is 6.04 Å². The summed E-state index contributed by atoms with van der Waals surface area (Å²) in [6.07, 6.45) is 0.414. The predicted molar refractivity (Wildman–Crippen MR) is 126 cm³/mol. The van der Waals surface area contributed by atoms with Crippen LogP contribution in [-0.2, 0) is 17.6 Å². The number of non-ortho nitro benzene ring substituents is 1. The highest BCUT2D eigenvalue weighted by Gasteiger charge is 2.29. The molecule has 9 heteroatoms. The summed E-state index contributed by atoms with van der Waals surface area (Å²) in [4.78, 5) is 49.6. The quantitative estimate of drug-likeness (QED) is 0.374. The molecule has 0 fully saturated rings. The van der Waals surface area contributed by atoms with Gasteiger partial charge in [0, 0.05) is 30.7 Å². The Balaban J connectivity index is 1.83. The fourth-order valence-electron chi connectivity index (χ4n) is 3.42. The van der Waals surface area contributed by atoms with Gasteiger partial charge in [0.15, 0.2) is 0 Å². The van der Waals surface area contributed by atoms with Gasteiger partial charge in [-0.2, -0.15) is 0 Å². The molecule has 3 aromatic carbocycles. The van der Waals surface area contributed by atoms with Crippen LogP contribution in [0.4, 0.5) is 10.5 Å². The Morgan fingerprint density at radius 2 is 1.47 bits per heavy atom. The first kappa shape index (κ1) is 24.1. The number of nitrogens with two attached hydrogens (primary N) is 1. The summed E-state index contributed by atoms with van der Waals surface area (Å²) in [5, 5.41) is 13.6. The lowest BCUT2D eigenvalue weighted by Gasteiger charge is -2.25. The van der Waals surface area contributed by atoms with Gasteiger partial charge >= 0.3 is 6.03 Å². The van der Waals surface area contributed by atoms with Gasteiger partial charge < -0.3 is 11.1 Å². The minimum absolute atomic E-state index is 0.0184. The summed E-state index contributed by atoms with van der Waals surface area (Å²) in [5.74, 6) is -1.15. The fraction of sp³-hybridized carbons (Fsp3) is 0.160. The second-order valence-corrected chi connectivity index (χ2v) is 7.58. The van der Waals surface area contributed by atoms with Crippen molar-refractivity contribution in [2.45, 2.75) is 18.9 Å². The van der Waals surface area contributed by atoms with Crippen molar-refractivity contribution in [3.05, 3.63) is 112 Å². The molecule has 0 heterocycles. The van der Waals surface area contributed by atoms with Gasteiger partial charge in [0.2, 0.25) is 0 Å². The van der Waals surface area contributed by atoms with Crippen LogP contribution in [0, 0.1) is 10.1 Å². The van der Waals surface area contributed by atoms with Crippen molar-refractivity contribution in [1.29, 1.82) is 0 Å². The molecule has 0 spiro atoms. The minimum atomic E-state index is -1.11. The number of hydrogen-bond donors (Lipinski definition) is 2. The van der Waals surface area contributed by atoms with Gasteiger partial charge in [0.25, 0.3) is 17.5 Å². The molecular formula is C25H24N4O5. The van der Waals surface area contributed by atoms with E-state index in [2.05, 4.69) is 5.32 Å². The van der Waals surface area contributed by atoms with Crippen molar-refractivity contribution in [3.63, 3.8) is 0 Å². The third-order valence-electron chi connectivity index (χ3n) is 5.23. The highest BCUT2D eigenvalue weighted by Crippen LogP contribution is 2.15. The third-order valence-corrected chi connectivity index (χ3v) is 5.23. The molecule has 0 radical (unpaired) electrons. The lowest BCUT2D eigenvalue weighted by molar-refractivity contribution is -0.384. The molecular weight excluding hydrogens is 436 g/mol. The van der Waals surface area contributed by atoms with Crippen LogP contribution < -0.4 is 11.1 Å². The first-order valence-electron chi connectivity index (χ1n) is 10.6. The molecule has 1 atom stereocenters. The lowest BCUT2D eigenvalue weighted by Crippen LogP contribution is -2.53. The number of rotatable bonds is 9. The van der Waals surface area contributed by atoms with Gasteiger partial charge in [0.05, 0.1) is 4.92 Å². The monoisotopic (exact) mass is 460 g/mol. The molecule has 0 aromatic heterocycles. The average Bonchev–Trinajstić information content (AvgIpc) is 2.85. The zero-order valence-corrected chi connectivity index (χ0v) is 18.3. The Kier molecular flexibility index (Phi) is 8.07. The molecule has 3 aromatic rings. The van der Waals surface area contributed by atoms with Gasteiger partial charge in [-0.3, -0.25) is 24.6 Å². The number of nitro groups is 1. The molecule has 0 bridgehead atoms. The van der Waals surface area contributed by atoms with E-state index in [9.17, 15) is 24.5 Å². The number of nitrogens with one attached hydrogen (secondary N) is 1. The van der Waals surface area contributed by atoms with E-state index in [1.165, 1.54) is 24.3 Å². The Hall–Kier alpha value is -4.53.